The first-order chi connectivity index (χ1) is 14.9. The molecule has 2 aromatic rings. The van der Waals surface area contributed by atoms with Crippen LogP contribution in [0.5, 0.6) is 5.75 Å². The smallest absolute Gasteiger partial charge is 0.229 e. The quantitative estimate of drug-likeness (QED) is 0.480. The Kier molecular flexibility index (Phi) is 5.92. The highest BCUT2D eigenvalue weighted by Gasteiger charge is 2.49. The minimum Gasteiger partial charge on any atom is -0.491 e. The number of amides is 1. The van der Waals surface area contributed by atoms with Crippen LogP contribution in [0.1, 0.15) is 19.8 Å². The van der Waals surface area contributed by atoms with Crippen molar-refractivity contribution in [2.75, 3.05) is 17.2 Å². The van der Waals surface area contributed by atoms with E-state index < -0.39 is 41.8 Å². The third-order valence-corrected chi connectivity index (χ3v) is 6.18. The number of aliphatic hydroxyl groups is 2. The number of halogens is 1. The number of benzene rings is 1. The van der Waals surface area contributed by atoms with Gasteiger partial charge in [-0.1, -0.05) is 19.4 Å². The zero-order valence-electron chi connectivity index (χ0n) is 17.0. The predicted molar refractivity (Wildman–Crippen MR) is 111 cm³/mol. The molecule has 10 heteroatoms. The molecule has 0 radical (unpaired) electrons. The third kappa shape index (κ3) is 4.26. The molecule has 1 amide bonds. The summed E-state index contributed by atoms with van der Waals surface area (Å²) in [4.78, 5) is 20.5. The zero-order chi connectivity index (χ0) is 22.1. The van der Waals surface area contributed by atoms with Crippen LogP contribution in [-0.2, 0) is 4.79 Å². The normalized spacial score (nSPS) is 30.2. The lowest BCUT2D eigenvalue weighted by Gasteiger charge is -2.31. The SMILES string of the molecule is CCC1CC2[C@H](O)C(O)COc3cccc(c3)Nc3ncc(F)c(n3)N[C@H]2[C@H]1C(N)=O. The van der Waals surface area contributed by atoms with E-state index in [-0.39, 0.29) is 24.3 Å². The molecule has 1 saturated carbocycles. The van der Waals surface area contributed by atoms with Crippen molar-refractivity contribution in [3.05, 3.63) is 36.3 Å². The van der Waals surface area contributed by atoms with Gasteiger partial charge in [-0.2, -0.15) is 4.98 Å². The molecule has 4 rings (SSSR count). The maximum Gasteiger partial charge on any atom is 0.229 e. The van der Waals surface area contributed by atoms with Crippen LogP contribution in [0.3, 0.4) is 0 Å². The standard InChI is InChI=1S/C21H26FN5O4/c1-2-10-6-13-17(16(10)19(23)30)26-20-14(22)8-24-21(27-20)25-11-4-3-5-12(7-11)31-9-15(28)18(13)29/h3-5,7-8,10,13,15-18,28-29H,2,6,9H2,1H3,(H2,23,30)(H2,24,25,26,27)/t10?,13?,15?,16-,17+,18-/m0/s1. The lowest BCUT2D eigenvalue weighted by molar-refractivity contribution is -0.123. The maximum atomic E-state index is 14.6. The van der Waals surface area contributed by atoms with E-state index in [2.05, 4.69) is 20.6 Å². The van der Waals surface area contributed by atoms with Crippen LogP contribution in [-0.4, -0.2) is 50.9 Å². The van der Waals surface area contributed by atoms with Crippen molar-refractivity contribution < 1.29 is 24.1 Å². The summed E-state index contributed by atoms with van der Waals surface area (Å²) in [7, 11) is 0. The molecule has 0 saturated heterocycles. The first-order valence-electron chi connectivity index (χ1n) is 10.3. The van der Waals surface area contributed by atoms with Gasteiger partial charge in [0.05, 0.1) is 18.2 Å². The van der Waals surface area contributed by atoms with Gasteiger partial charge >= 0.3 is 0 Å². The minimum absolute atomic E-state index is 0.110. The van der Waals surface area contributed by atoms with Crippen LogP contribution in [0, 0.1) is 23.6 Å². The number of ether oxygens (including phenoxy) is 1. The summed E-state index contributed by atoms with van der Waals surface area (Å²) in [5.74, 6) is -2.10. The number of primary amides is 1. The van der Waals surface area contributed by atoms with E-state index in [1.165, 1.54) is 0 Å². The van der Waals surface area contributed by atoms with Gasteiger partial charge in [-0.15, -0.1) is 0 Å². The number of carbonyl (C=O) groups excluding carboxylic acids is 1. The summed E-state index contributed by atoms with van der Waals surface area (Å²) in [5.41, 5.74) is 6.28. The number of fused-ring (bicyclic) bond motifs is 5. The molecule has 1 aliphatic carbocycles. The Labute approximate surface area is 178 Å². The summed E-state index contributed by atoms with van der Waals surface area (Å²) in [6.07, 6.45) is -0.330. The highest BCUT2D eigenvalue weighted by Crippen LogP contribution is 2.42. The van der Waals surface area contributed by atoms with Crippen molar-refractivity contribution in [1.82, 2.24) is 9.97 Å². The third-order valence-electron chi connectivity index (χ3n) is 6.18. The number of hydrogen-bond acceptors (Lipinski definition) is 8. The van der Waals surface area contributed by atoms with E-state index in [0.717, 1.165) is 6.20 Å². The van der Waals surface area contributed by atoms with Gasteiger partial charge in [0.2, 0.25) is 11.9 Å². The van der Waals surface area contributed by atoms with Crippen molar-refractivity contribution >= 4 is 23.4 Å². The van der Waals surface area contributed by atoms with E-state index >= 15 is 0 Å². The fourth-order valence-corrected chi connectivity index (χ4v) is 4.63. The van der Waals surface area contributed by atoms with E-state index in [1.54, 1.807) is 24.3 Å². The topological polar surface area (TPSA) is 143 Å². The van der Waals surface area contributed by atoms with E-state index in [9.17, 15) is 19.4 Å². The summed E-state index contributed by atoms with van der Waals surface area (Å²) < 4.78 is 20.2. The molecule has 3 unspecified atom stereocenters. The second-order valence-corrected chi connectivity index (χ2v) is 8.08. The van der Waals surface area contributed by atoms with Crippen LogP contribution in [0.4, 0.5) is 21.8 Å². The fourth-order valence-electron chi connectivity index (χ4n) is 4.63. The van der Waals surface area contributed by atoms with Gasteiger partial charge in [0.25, 0.3) is 0 Å². The zero-order valence-corrected chi connectivity index (χ0v) is 17.0. The summed E-state index contributed by atoms with van der Waals surface area (Å²) in [6.45, 7) is 1.77. The fraction of sp³-hybridized carbons (Fsp3) is 0.476. The number of rotatable bonds is 2. The molecule has 0 spiro atoms. The number of aromatic nitrogens is 2. The Bertz CT molecular complexity index is 961. The Morgan fingerprint density at radius 1 is 1.39 bits per heavy atom. The number of anilines is 3. The highest BCUT2D eigenvalue weighted by atomic mass is 19.1. The molecular weight excluding hydrogens is 405 g/mol. The monoisotopic (exact) mass is 431 g/mol. The van der Waals surface area contributed by atoms with Crippen molar-refractivity contribution in [2.24, 2.45) is 23.5 Å². The summed E-state index contributed by atoms with van der Waals surface area (Å²) >= 11 is 0. The molecule has 6 N–H and O–H groups in total. The average Bonchev–Trinajstić information content (AvgIpc) is 3.12. The number of aliphatic hydroxyl groups excluding tert-OH is 2. The Hall–Kier alpha value is -2.98. The number of nitrogens with two attached hydrogens (primary N) is 1. The molecule has 31 heavy (non-hydrogen) atoms. The second kappa shape index (κ2) is 8.64. The molecule has 1 aromatic heterocycles. The second-order valence-electron chi connectivity index (χ2n) is 8.08. The van der Waals surface area contributed by atoms with Gasteiger partial charge in [-0.25, -0.2) is 9.37 Å². The van der Waals surface area contributed by atoms with Crippen LogP contribution in [0.2, 0.25) is 0 Å². The highest BCUT2D eigenvalue weighted by molar-refractivity contribution is 5.79. The molecule has 1 fully saturated rings. The molecule has 9 nitrogen and oxygen atoms in total. The minimum atomic E-state index is -1.22. The largest absolute Gasteiger partial charge is 0.491 e. The first kappa shape index (κ1) is 21.3. The number of nitrogens with one attached hydrogen (secondary N) is 2. The van der Waals surface area contributed by atoms with Crippen LogP contribution >= 0.6 is 0 Å². The summed E-state index contributed by atoms with van der Waals surface area (Å²) in [6, 6.07) is 6.17. The molecule has 166 valence electrons. The molecule has 2 aliphatic rings. The van der Waals surface area contributed by atoms with Crippen molar-refractivity contribution in [1.29, 1.82) is 0 Å². The molecular formula is C21H26FN5O4. The molecule has 2 heterocycles. The molecule has 1 aromatic carbocycles. The average molecular weight is 431 g/mol. The molecule has 6 atom stereocenters. The summed E-state index contributed by atoms with van der Waals surface area (Å²) in [5, 5.41) is 27.5. The molecule has 4 bridgehead atoms. The van der Waals surface area contributed by atoms with Gasteiger partial charge in [-0.3, -0.25) is 4.79 Å². The lowest BCUT2D eigenvalue weighted by atomic mass is 9.88. The Balaban J connectivity index is 1.77. The van der Waals surface area contributed by atoms with Gasteiger partial charge in [-0.05, 0) is 24.5 Å². The molecule has 1 aliphatic heterocycles. The number of carbonyl (C=O) groups is 1. The van der Waals surface area contributed by atoms with Gasteiger partial charge < -0.3 is 31.3 Å². The van der Waals surface area contributed by atoms with Crippen molar-refractivity contribution in [3.63, 3.8) is 0 Å². The van der Waals surface area contributed by atoms with Crippen molar-refractivity contribution in [3.8, 4) is 5.75 Å². The maximum absolute atomic E-state index is 14.6. The van der Waals surface area contributed by atoms with Crippen molar-refractivity contribution in [2.45, 2.75) is 38.0 Å². The van der Waals surface area contributed by atoms with Crippen LogP contribution < -0.4 is 21.1 Å². The van der Waals surface area contributed by atoms with Gasteiger partial charge in [0.15, 0.2) is 11.6 Å². The van der Waals surface area contributed by atoms with E-state index in [1.807, 2.05) is 6.92 Å². The van der Waals surface area contributed by atoms with Gasteiger partial charge in [0.1, 0.15) is 18.5 Å². The van der Waals surface area contributed by atoms with Gasteiger partial charge in [0, 0.05) is 23.7 Å². The first-order valence-corrected chi connectivity index (χ1v) is 10.3. The Morgan fingerprint density at radius 3 is 2.94 bits per heavy atom. The van der Waals surface area contributed by atoms with E-state index in [4.69, 9.17) is 10.5 Å². The number of nitrogens with zero attached hydrogens (tertiary/aromatic N) is 2. The Morgan fingerprint density at radius 2 is 2.19 bits per heavy atom. The number of hydrogen-bond donors (Lipinski definition) is 5. The van der Waals surface area contributed by atoms with Crippen LogP contribution in [0.15, 0.2) is 30.5 Å². The van der Waals surface area contributed by atoms with E-state index in [0.29, 0.717) is 24.3 Å². The van der Waals surface area contributed by atoms with Crippen LogP contribution in [0.25, 0.3) is 0 Å². The predicted octanol–water partition coefficient (Wildman–Crippen LogP) is 1.40. The lowest BCUT2D eigenvalue weighted by Crippen LogP contribution is -2.47.